The standard InChI is InChI=1S/C14H21N3OS/c1-10-7-11(13(15)19)8-12(16-10)17-6-4-5-14(2,9-17)18-3/h7-8H,4-6,9H2,1-3H3,(H2,15,19). The van der Waals surface area contributed by atoms with E-state index in [4.69, 9.17) is 22.7 Å². The maximum atomic E-state index is 5.72. The molecule has 1 aromatic rings. The summed E-state index contributed by atoms with van der Waals surface area (Å²) in [5.74, 6) is 0.936. The molecule has 0 aromatic carbocycles. The number of piperidine rings is 1. The van der Waals surface area contributed by atoms with Gasteiger partial charge in [0.15, 0.2) is 0 Å². The number of nitrogens with two attached hydrogens (primary N) is 1. The van der Waals surface area contributed by atoms with Gasteiger partial charge < -0.3 is 15.4 Å². The van der Waals surface area contributed by atoms with Crippen LogP contribution >= 0.6 is 12.2 Å². The Morgan fingerprint density at radius 1 is 1.53 bits per heavy atom. The third-order valence-corrected chi connectivity index (χ3v) is 3.94. The van der Waals surface area contributed by atoms with Gasteiger partial charge in [-0.15, -0.1) is 0 Å². The first-order chi connectivity index (χ1) is 8.93. The molecule has 5 heteroatoms. The van der Waals surface area contributed by atoms with E-state index >= 15 is 0 Å². The van der Waals surface area contributed by atoms with Crippen LogP contribution in [0.3, 0.4) is 0 Å². The van der Waals surface area contributed by atoms with Gasteiger partial charge in [0.25, 0.3) is 0 Å². The number of methoxy groups -OCH3 is 1. The summed E-state index contributed by atoms with van der Waals surface area (Å²) < 4.78 is 5.62. The molecule has 4 nitrogen and oxygen atoms in total. The van der Waals surface area contributed by atoms with E-state index in [0.29, 0.717) is 4.99 Å². The van der Waals surface area contributed by atoms with E-state index in [0.717, 1.165) is 43.0 Å². The van der Waals surface area contributed by atoms with Crippen LogP contribution in [-0.4, -0.2) is 35.8 Å². The van der Waals surface area contributed by atoms with Gasteiger partial charge in [0.2, 0.25) is 0 Å². The van der Waals surface area contributed by atoms with Gasteiger partial charge in [0.1, 0.15) is 10.8 Å². The number of thiocarbonyl (C=S) groups is 1. The molecular weight excluding hydrogens is 258 g/mol. The molecule has 19 heavy (non-hydrogen) atoms. The minimum Gasteiger partial charge on any atom is -0.389 e. The Labute approximate surface area is 120 Å². The Bertz CT molecular complexity index is 492. The number of aromatic nitrogens is 1. The first kappa shape index (κ1) is 14.2. The summed E-state index contributed by atoms with van der Waals surface area (Å²) in [7, 11) is 1.77. The van der Waals surface area contributed by atoms with Gasteiger partial charge in [0, 0.05) is 31.5 Å². The number of hydrogen-bond acceptors (Lipinski definition) is 4. The molecule has 2 N–H and O–H groups in total. The third-order valence-electron chi connectivity index (χ3n) is 3.70. The van der Waals surface area contributed by atoms with Gasteiger partial charge in [-0.2, -0.15) is 0 Å². The van der Waals surface area contributed by atoms with Crippen molar-refractivity contribution in [2.75, 3.05) is 25.1 Å². The molecular formula is C14H21N3OS. The Kier molecular flexibility index (Phi) is 4.06. The van der Waals surface area contributed by atoms with Crippen molar-refractivity contribution in [3.8, 4) is 0 Å². The summed E-state index contributed by atoms with van der Waals surface area (Å²) in [5.41, 5.74) is 7.43. The van der Waals surface area contributed by atoms with E-state index in [2.05, 4.69) is 16.8 Å². The van der Waals surface area contributed by atoms with E-state index in [1.807, 2.05) is 19.1 Å². The van der Waals surface area contributed by atoms with Gasteiger partial charge in [0.05, 0.1) is 5.60 Å². The van der Waals surface area contributed by atoms with Crippen LogP contribution in [0.15, 0.2) is 12.1 Å². The van der Waals surface area contributed by atoms with Crippen molar-refractivity contribution >= 4 is 23.0 Å². The van der Waals surface area contributed by atoms with Crippen LogP contribution in [0, 0.1) is 6.92 Å². The van der Waals surface area contributed by atoms with Crippen LogP contribution < -0.4 is 10.6 Å². The van der Waals surface area contributed by atoms with Gasteiger partial charge in [-0.25, -0.2) is 4.98 Å². The van der Waals surface area contributed by atoms with E-state index in [1.54, 1.807) is 7.11 Å². The number of aryl methyl sites for hydroxylation is 1. The molecule has 104 valence electrons. The van der Waals surface area contributed by atoms with Gasteiger partial charge in [-0.05, 0) is 38.8 Å². The Morgan fingerprint density at radius 2 is 2.26 bits per heavy atom. The minimum atomic E-state index is -0.104. The molecule has 1 fully saturated rings. The van der Waals surface area contributed by atoms with E-state index in [9.17, 15) is 0 Å². The fraction of sp³-hybridized carbons (Fsp3) is 0.571. The summed E-state index contributed by atoms with van der Waals surface area (Å²) in [6, 6.07) is 3.89. The van der Waals surface area contributed by atoms with Crippen molar-refractivity contribution in [1.29, 1.82) is 0 Å². The monoisotopic (exact) mass is 279 g/mol. The SMILES string of the molecule is COC1(C)CCCN(c2cc(C(N)=S)cc(C)n2)C1. The van der Waals surface area contributed by atoms with Crippen LogP contribution in [0.4, 0.5) is 5.82 Å². The van der Waals surface area contributed by atoms with E-state index in [-0.39, 0.29) is 5.60 Å². The summed E-state index contributed by atoms with van der Waals surface area (Å²) in [6.07, 6.45) is 2.18. The molecule has 1 aliphatic heterocycles. The lowest BCUT2D eigenvalue weighted by Gasteiger charge is -2.40. The predicted octanol–water partition coefficient (Wildman–Crippen LogP) is 2.03. The molecule has 0 spiro atoms. The molecule has 0 bridgehead atoms. The maximum absolute atomic E-state index is 5.72. The molecule has 1 saturated heterocycles. The second-order valence-electron chi connectivity index (χ2n) is 5.40. The normalized spacial score (nSPS) is 23.4. The van der Waals surface area contributed by atoms with Gasteiger partial charge in [-0.3, -0.25) is 0 Å². The zero-order valence-corrected chi connectivity index (χ0v) is 12.6. The van der Waals surface area contributed by atoms with Gasteiger partial charge >= 0.3 is 0 Å². The quantitative estimate of drug-likeness (QED) is 0.858. The number of pyridine rings is 1. The molecule has 1 atom stereocenters. The number of rotatable bonds is 3. The first-order valence-electron chi connectivity index (χ1n) is 6.52. The number of nitrogens with zero attached hydrogens (tertiary/aromatic N) is 2. The highest BCUT2D eigenvalue weighted by molar-refractivity contribution is 7.80. The fourth-order valence-corrected chi connectivity index (χ4v) is 2.64. The zero-order chi connectivity index (χ0) is 14.0. The van der Waals surface area contributed by atoms with Crippen LogP contribution in [0.5, 0.6) is 0 Å². The van der Waals surface area contributed by atoms with Crippen molar-refractivity contribution in [3.05, 3.63) is 23.4 Å². The van der Waals surface area contributed by atoms with E-state index < -0.39 is 0 Å². The minimum absolute atomic E-state index is 0.104. The highest BCUT2D eigenvalue weighted by Crippen LogP contribution is 2.27. The highest BCUT2D eigenvalue weighted by atomic mass is 32.1. The summed E-state index contributed by atoms with van der Waals surface area (Å²) >= 11 is 5.06. The zero-order valence-electron chi connectivity index (χ0n) is 11.8. The topological polar surface area (TPSA) is 51.4 Å². The molecule has 1 aromatic heterocycles. The van der Waals surface area contributed by atoms with E-state index in [1.165, 1.54) is 0 Å². The smallest absolute Gasteiger partial charge is 0.129 e. The van der Waals surface area contributed by atoms with Crippen molar-refractivity contribution in [2.24, 2.45) is 5.73 Å². The molecule has 2 heterocycles. The lowest BCUT2D eigenvalue weighted by molar-refractivity contribution is -0.00482. The van der Waals surface area contributed by atoms with Crippen LogP contribution in [-0.2, 0) is 4.74 Å². The number of anilines is 1. The molecule has 0 amide bonds. The second kappa shape index (κ2) is 5.43. The van der Waals surface area contributed by atoms with Crippen molar-refractivity contribution in [3.63, 3.8) is 0 Å². The molecule has 2 rings (SSSR count). The predicted molar refractivity (Wildman–Crippen MR) is 81.7 cm³/mol. The molecule has 0 radical (unpaired) electrons. The lowest BCUT2D eigenvalue weighted by atomic mass is 9.94. The largest absolute Gasteiger partial charge is 0.389 e. The summed E-state index contributed by atoms with van der Waals surface area (Å²) in [6.45, 7) is 5.94. The summed E-state index contributed by atoms with van der Waals surface area (Å²) in [5, 5.41) is 0. The maximum Gasteiger partial charge on any atom is 0.129 e. The first-order valence-corrected chi connectivity index (χ1v) is 6.93. The average Bonchev–Trinajstić information content (AvgIpc) is 2.38. The third kappa shape index (κ3) is 3.22. The van der Waals surface area contributed by atoms with Crippen LogP contribution in [0.1, 0.15) is 31.0 Å². The summed E-state index contributed by atoms with van der Waals surface area (Å²) in [4.78, 5) is 7.26. The Balaban J connectivity index is 2.28. The Morgan fingerprint density at radius 3 is 2.89 bits per heavy atom. The van der Waals surface area contributed by atoms with Crippen molar-refractivity contribution in [1.82, 2.24) is 4.98 Å². The highest BCUT2D eigenvalue weighted by Gasteiger charge is 2.31. The van der Waals surface area contributed by atoms with Crippen LogP contribution in [0.2, 0.25) is 0 Å². The Hall–Kier alpha value is -1.20. The fourth-order valence-electron chi connectivity index (χ4n) is 2.52. The molecule has 0 saturated carbocycles. The van der Waals surface area contributed by atoms with Crippen molar-refractivity contribution < 1.29 is 4.74 Å². The molecule has 1 unspecified atom stereocenters. The molecule has 0 aliphatic carbocycles. The lowest BCUT2D eigenvalue weighted by Crippen LogP contribution is -2.47. The average molecular weight is 279 g/mol. The number of ether oxygens (including phenoxy) is 1. The number of hydrogen-bond donors (Lipinski definition) is 1. The van der Waals surface area contributed by atoms with Crippen LogP contribution in [0.25, 0.3) is 0 Å². The molecule has 1 aliphatic rings. The van der Waals surface area contributed by atoms with Gasteiger partial charge in [-0.1, -0.05) is 12.2 Å². The van der Waals surface area contributed by atoms with Crippen molar-refractivity contribution in [2.45, 2.75) is 32.3 Å². The second-order valence-corrected chi connectivity index (χ2v) is 5.84.